The summed E-state index contributed by atoms with van der Waals surface area (Å²) < 4.78 is 13.6. The monoisotopic (exact) mass is 261 g/mol. The Labute approximate surface area is 109 Å². The maximum absolute atomic E-state index is 13.6. The van der Waals surface area contributed by atoms with Gasteiger partial charge < -0.3 is 11.1 Å². The van der Waals surface area contributed by atoms with Gasteiger partial charge in [-0.25, -0.2) is 4.39 Å². The van der Waals surface area contributed by atoms with Crippen LogP contribution in [0.2, 0.25) is 5.02 Å². The lowest BCUT2D eigenvalue weighted by Gasteiger charge is -2.11. The van der Waals surface area contributed by atoms with Gasteiger partial charge in [-0.2, -0.15) is 5.26 Å². The molecule has 0 heterocycles. The third-order valence-corrected chi connectivity index (χ3v) is 2.70. The van der Waals surface area contributed by atoms with Crippen molar-refractivity contribution in [2.45, 2.75) is 0 Å². The predicted octanol–water partition coefficient (Wildman–Crippen LogP) is 3.68. The van der Waals surface area contributed by atoms with Gasteiger partial charge in [0.2, 0.25) is 0 Å². The van der Waals surface area contributed by atoms with Crippen molar-refractivity contribution >= 4 is 28.7 Å². The van der Waals surface area contributed by atoms with Gasteiger partial charge in [-0.15, -0.1) is 0 Å². The van der Waals surface area contributed by atoms with Crippen molar-refractivity contribution in [3.05, 3.63) is 52.8 Å². The lowest BCUT2D eigenvalue weighted by atomic mass is 10.1. The number of hydrogen-bond donors (Lipinski definition) is 2. The summed E-state index contributed by atoms with van der Waals surface area (Å²) in [4.78, 5) is 0. The van der Waals surface area contributed by atoms with E-state index in [0.29, 0.717) is 16.9 Å². The molecule has 0 spiro atoms. The number of rotatable bonds is 2. The van der Waals surface area contributed by atoms with Crippen LogP contribution >= 0.6 is 11.6 Å². The molecule has 2 aromatic rings. The zero-order valence-corrected chi connectivity index (χ0v) is 10.0. The number of hydrogen-bond acceptors (Lipinski definition) is 3. The Balaban J connectivity index is 2.44. The first-order valence-electron chi connectivity index (χ1n) is 5.12. The summed E-state index contributed by atoms with van der Waals surface area (Å²) in [6.07, 6.45) is 0. The molecule has 3 N–H and O–H groups in total. The van der Waals surface area contributed by atoms with Crippen LogP contribution < -0.4 is 11.1 Å². The highest BCUT2D eigenvalue weighted by Crippen LogP contribution is 2.30. The molecule has 0 aliphatic carbocycles. The summed E-state index contributed by atoms with van der Waals surface area (Å²) in [7, 11) is 0. The summed E-state index contributed by atoms with van der Waals surface area (Å²) in [5.41, 5.74) is 6.97. The van der Waals surface area contributed by atoms with Crippen molar-refractivity contribution < 1.29 is 4.39 Å². The van der Waals surface area contributed by atoms with E-state index in [0.717, 1.165) is 0 Å². The van der Waals surface area contributed by atoms with Gasteiger partial charge in [0, 0.05) is 5.69 Å². The van der Waals surface area contributed by atoms with E-state index in [9.17, 15) is 4.39 Å². The molecular formula is C13H9ClFN3. The second kappa shape index (κ2) is 4.94. The number of halogens is 2. The summed E-state index contributed by atoms with van der Waals surface area (Å²) >= 11 is 5.90. The van der Waals surface area contributed by atoms with Crippen molar-refractivity contribution in [3.8, 4) is 6.07 Å². The second-order valence-electron chi connectivity index (χ2n) is 3.64. The first kappa shape index (κ1) is 12.2. The molecule has 0 unspecified atom stereocenters. The van der Waals surface area contributed by atoms with Gasteiger partial charge in [0.15, 0.2) is 0 Å². The van der Waals surface area contributed by atoms with Crippen LogP contribution in [0.15, 0.2) is 36.4 Å². The Bertz CT molecular complexity index is 614. The Kier molecular flexibility index (Phi) is 3.35. The second-order valence-corrected chi connectivity index (χ2v) is 4.05. The maximum atomic E-state index is 13.6. The molecule has 3 nitrogen and oxygen atoms in total. The molecule has 5 heteroatoms. The number of nitrogens with zero attached hydrogens (tertiary/aromatic N) is 1. The quantitative estimate of drug-likeness (QED) is 0.811. The van der Waals surface area contributed by atoms with Crippen LogP contribution in [0.5, 0.6) is 0 Å². The fraction of sp³-hybridized carbons (Fsp3) is 0. The Morgan fingerprint density at radius 2 is 2.06 bits per heavy atom. The molecule has 0 radical (unpaired) electrons. The minimum absolute atomic E-state index is 0.139. The SMILES string of the molecule is N#Cc1cc(N)ccc1Nc1c(F)cccc1Cl. The van der Waals surface area contributed by atoms with Gasteiger partial charge in [-0.1, -0.05) is 17.7 Å². The minimum Gasteiger partial charge on any atom is -0.399 e. The van der Waals surface area contributed by atoms with E-state index in [1.165, 1.54) is 18.2 Å². The molecule has 0 bridgehead atoms. The van der Waals surface area contributed by atoms with Crippen LogP contribution in [0.3, 0.4) is 0 Å². The van der Waals surface area contributed by atoms with E-state index >= 15 is 0 Å². The third-order valence-electron chi connectivity index (χ3n) is 2.39. The first-order chi connectivity index (χ1) is 8.61. The van der Waals surface area contributed by atoms with E-state index in [1.54, 1.807) is 18.2 Å². The molecular weight excluding hydrogens is 253 g/mol. The molecule has 90 valence electrons. The summed E-state index contributed by atoms with van der Waals surface area (Å²) in [6.45, 7) is 0. The zero-order chi connectivity index (χ0) is 13.1. The van der Waals surface area contributed by atoms with E-state index in [2.05, 4.69) is 5.32 Å². The molecule has 2 rings (SSSR count). The van der Waals surface area contributed by atoms with Crippen LogP contribution in [0.25, 0.3) is 0 Å². The number of nitriles is 1. The van der Waals surface area contributed by atoms with Gasteiger partial charge in [-0.3, -0.25) is 0 Å². The molecule has 0 saturated carbocycles. The Morgan fingerprint density at radius 3 is 2.72 bits per heavy atom. The Morgan fingerprint density at radius 1 is 1.28 bits per heavy atom. The third kappa shape index (κ3) is 2.36. The van der Waals surface area contributed by atoms with E-state index < -0.39 is 5.82 Å². The fourth-order valence-corrected chi connectivity index (χ4v) is 1.73. The van der Waals surface area contributed by atoms with Crippen molar-refractivity contribution in [1.29, 1.82) is 5.26 Å². The van der Waals surface area contributed by atoms with Gasteiger partial charge in [0.25, 0.3) is 0 Å². The van der Waals surface area contributed by atoms with Crippen LogP contribution in [-0.4, -0.2) is 0 Å². The maximum Gasteiger partial charge on any atom is 0.148 e. The molecule has 18 heavy (non-hydrogen) atoms. The number of nitrogen functional groups attached to an aromatic ring is 1. The molecule has 0 fully saturated rings. The molecule has 0 aliphatic heterocycles. The van der Waals surface area contributed by atoms with Gasteiger partial charge in [-0.05, 0) is 30.3 Å². The molecule has 2 aromatic carbocycles. The smallest absolute Gasteiger partial charge is 0.148 e. The highest BCUT2D eigenvalue weighted by Gasteiger charge is 2.09. The molecule has 0 atom stereocenters. The number of para-hydroxylation sites is 1. The highest BCUT2D eigenvalue weighted by molar-refractivity contribution is 6.33. The van der Waals surface area contributed by atoms with Crippen molar-refractivity contribution in [3.63, 3.8) is 0 Å². The van der Waals surface area contributed by atoms with E-state index in [4.69, 9.17) is 22.6 Å². The summed E-state index contributed by atoms with van der Waals surface area (Å²) in [6, 6.07) is 11.1. The Hall–Kier alpha value is -2.25. The first-order valence-corrected chi connectivity index (χ1v) is 5.50. The van der Waals surface area contributed by atoms with Crippen LogP contribution in [0.1, 0.15) is 5.56 Å². The molecule has 0 aromatic heterocycles. The number of anilines is 3. The van der Waals surface area contributed by atoms with Crippen molar-refractivity contribution in [2.24, 2.45) is 0 Å². The van der Waals surface area contributed by atoms with Gasteiger partial charge in [0.05, 0.1) is 22.0 Å². The minimum atomic E-state index is -0.483. The van der Waals surface area contributed by atoms with Crippen LogP contribution in [0.4, 0.5) is 21.5 Å². The van der Waals surface area contributed by atoms with Crippen molar-refractivity contribution in [2.75, 3.05) is 11.1 Å². The summed E-state index contributed by atoms with van der Waals surface area (Å²) in [5, 5.41) is 12.0. The fourth-order valence-electron chi connectivity index (χ4n) is 1.52. The van der Waals surface area contributed by atoms with Gasteiger partial charge >= 0.3 is 0 Å². The highest BCUT2D eigenvalue weighted by atomic mass is 35.5. The summed E-state index contributed by atoms with van der Waals surface area (Å²) in [5.74, 6) is -0.483. The number of nitrogens with two attached hydrogens (primary N) is 1. The lowest BCUT2D eigenvalue weighted by Crippen LogP contribution is -1.98. The average molecular weight is 262 g/mol. The predicted molar refractivity (Wildman–Crippen MR) is 70.3 cm³/mol. The number of benzene rings is 2. The standard InChI is InChI=1S/C13H9ClFN3/c14-10-2-1-3-11(15)13(10)18-12-5-4-9(17)6-8(12)7-16/h1-6,18H,17H2. The molecule has 0 saturated heterocycles. The van der Waals surface area contributed by atoms with E-state index in [1.807, 2.05) is 6.07 Å². The normalized spacial score (nSPS) is 9.83. The topological polar surface area (TPSA) is 61.8 Å². The van der Waals surface area contributed by atoms with Crippen LogP contribution in [-0.2, 0) is 0 Å². The van der Waals surface area contributed by atoms with Crippen molar-refractivity contribution in [1.82, 2.24) is 0 Å². The lowest BCUT2D eigenvalue weighted by molar-refractivity contribution is 0.632. The van der Waals surface area contributed by atoms with Gasteiger partial charge in [0.1, 0.15) is 11.9 Å². The van der Waals surface area contributed by atoms with E-state index in [-0.39, 0.29) is 10.7 Å². The molecule has 0 aliphatic rings. The zero-order valence-electron chi connectivity index (χ0n) is 9.24. The number of nitrogens with one attached hydrogen (secondary N) is 1. The van der Waals surface area contributed by atoms with Crippen LogP contribution in [0, 0.1) is 17.1 Å². The molecule has 0 amide bonds. The largest absolute Gasteiger partial charge is 0.399 e. The average Bonchev–Trinajstić information content (AvgIpc) is 2.35.